The third kappa shape index (κ3) is 1.67. The number of hydrogen-bond donors (Lipinski definition) is 2. The van der Waals surface area contributed by atoms with Gasteiger partial charge in [0.15, 0.2) is 0 Å². The molecule has 1 heterocycles. The molecule has 3 nitrogen and oxygen atoms in total. The molecule has 0 aliphatic rings. The Bertz CT molecular complexity index is 367. The average Bonchev–Trinajstić information content (AvgIpc) is 2.74. The van der Waals surface area contributed by atoms with Crippen LogP contribution in [-0.2, 0) is 0 Å². The van der Waals surface area contributed by atoms with Gasteiger partial charge >= 0.3 is 0 Å². The maximum atomic E-state index is 5.74. The first-order valence-corrected chi connectivity index (χ1v) is 4.66. The Balaban J connectivity index is 2.31. The normalized spacial score (nSPS) is 12.6. The van der Waals surface area contributed by atoms with Gasteiger partial charge in [-0.2, -0.15) is 5.10 Å². The molecule has 1 atom stereocenters. The zero-order chi connectivity index (χ0) is 9.80. The highest BCUT2D eigenvalue weighted by Gasteiger charge is 2.13. The second kappa shape index (κ2) is 4.07. The van der Waals surface area contributed by atoms with E-state index in [-0.39, 0.29) is 5.92 Å². The van der Waals surface area contributed by atoms with E-state index < -0.39 is 0 Å². The van der Waals surface area contributed by atoms with Crippen LogP contribution in [0.15, 0.2) is 42.6 Å². The Hall–Kier alpha value is -1.61. The van der Waals surface area contributed by atoms with Crippen molar-refractivity contribution in [3.05, 3.63) is 53.9 Å². The lowest BCUT2D eigenvalue weighted by Crippen LogP contribution is -2.14. The minimum atomic E-state index is 0.197. The molecule has 0 saturated heterocycles. The summed E-state index contributed by atoms with van der Waals surface area (Å²) in [5.41, 5.74) is 7.95. The first kappa shape index (κ1) is 8.97. The molecular formula is C11H13N3. The van der Waals surface area contributed by atoms with E-state index >= 15 is 0 Å². The lowest BCUT2D eigenvalue weighted by molar-refractivity contribution is 0.779. The fourth-order valence-corrected chi connectivity index (χ4v) is 1.58. The molecule has 14 heavy (non-hydrogen) atoms. The third-order valence-corrected chi connectivity index (χ3v) is 2.32. The lowest BCUT2D eigenvalue weighted by Gasteiger charge is -2.11. The van der Waals surface area contributed by atoms with Gasteiger partial charge in [0.1, 0.15) is 0 Å². The number of rotatable bonds is 3. The highest BCUT2D eigenvalue weighted by atomic mass is 15.1. The molecule has 1 aromatic carbocycles. The van der Waals surface area contributed by atoms with Crippen molar-refractivity contribution >= 4 is 0 Å². The fourth-order valence-electron chi connectivity index (χ4n) is 1.58. The Morgan fingerprint density at radius 1 is 1.21 bits per heavy atom. The molecule has 3 heteroatoms. The van der Waals surface area contributed by atoms with Crippen LogP contribution in [0.5, 0.6) is 0 Å². The summed E-state index contributed by atoms with van der Waals surface area (Å²) in [6, 6.07) is 12.2. The van der Waals surface area contributed by atoms with Crippen LogP contribution in [0, 0.1) is 0 Å². The van der Waals surface area contributed by atoms with Crippen LogP contribution in [-0.4, -0.2) is 16.7 Å². The number of nitrogens with two attached hydrogens (primary N) is 1. The van der Waals surface area contributed by atoms with Crippen molar-refractivity contribution in [2.75, 3.05) is 6.54 Å². The highest BCUT2D eigenvalue weighted by Crippen LogP contribution is 2.20. The van der Waals surface area contributed by atoms with Crippen LogP contribution >= 0.6 is 0 Å². The van der Waals surface area contributed by atoms with Crippen LogP contribution in [0.2, 0.25) is 0 Å². The summed E-state index contributed by atoms with van der Waals surface area (Å²) in [5.74, 6) is 0.197. The zero-order valence-corrected chi connectivity index (χ0v) is 7.85. The second-order valence-electron chi connectivity index (χ2n) is 3.20. The SMILES string of the molecule is NC[C@H](c1ccccc1)c1cc[nH]n1. The van der Waals surface area contributed by atoms with Gasteiger partial charge < -0.3 is 5.73 Å². The van der Waals surface area contributed by atoms with Crippen molar-refractivity contribution in [2.24, 2.45) is 5.73 Å². The molecule has 0 fully saturated rings. The van der Waals surface area contributed by atoms with E-state index in [0.717, 1.165) is 5.69 Å². The molecule has 72 valence electrons. The second-order valence-corrected chi connectivity index (χ2v) is 3.20. The number of hydrogen-bond acceptors (Lipinski definition) is 2. The smallest absolute Gasteiger partial charge is 0.0709 e. The molecular weight excluding hydrogens is 174 g/mol. The van der Waals surface area contributed by atoms with Crippen molar-refractivity contribution < 1.29 is 0 Å². The third-order valence-electron chi connectivity index (χ3n) is 2.32. The fraction of sp³-hybridized carbons (Fsp3) is 0.182. The topological polar surface area (TPSA) is 54.7 Å². The van der Waals surface area contributed by atoms with Crippen molar-refractivity contribution in [1.82, 2.24) is 10.2 Å². The zero-order valence-electron chi connectivity index (χ0n) is 7.85. The molecule has 2 aromatic rings. The van der Waals surface area contributed by atoms with E-state index in [1.165, 1.54) is 5.56 Å². The van der Waals surface area contributed by atoms with Crippen molar-refractivity contribution in [2.45, 2.75) is 5.92 Å². The monoisotopic (exact) mass is 187 g/mol. The van der Waals surface area contributed by atoms with Gasteiger partial charge in [0, 0.05) is 18.7 Å². The first-order chi connectivity index (χ1) is 6.92. The van der Waals surface area contributed by atoms with Gasteiger partial charge in [0.05, 0.1) is 5.69 Å². The van der Waals surface area contributed by atoms with E-state index in [9.17, 15) is 0 Å². The van der Waals surface area contributed by atoms with Crippen molar-refractivity contribution in [1.29, 1.82) is 0 Å². The van der Waals surface area contributed by atoms with E-state index in [2.05, 4.69) is 22.3 Å². The van der Waals surface area contributed by atoms with Crippen LogP contribution in [0.1, 0.15) is 17.2 Å². The van der Waals surface area contributed by atoms with Gasteiger partial charge in [0.25, 0.3) is 0 Å². The molecule has 0 aliphatic heterocycles. The van der Waals surface area contributed by atoms with Gasteiger partial charge in [-0.05, 0) is 11.6 Å². The molecule has 0 saturated carbocycles. The van der Waals surface area contributed by atoms with Gasteiger partial charge in [0.2, 0.25) is 0 Å². The molecule has 0 amide bonds. The molecule has 3 N–H and O–H groups in total. The van der Waals surface area contributed by atoms with Gasteiger partial charge in [-0.15, -0.1) is 0 Å². The Labute approximate surface area is 83.0 Å². The summed E-state index contributed by atoms with van der Waals surface area (Å²) in [5, 5.41) is 6.97. The van der Waals surface area contributed by atoms with Gasteiger partial charge in [-0.3, -0.25) is 5.10 Å². The quantitative estimate of drug-likeness (QED) is 0.765. The number of aromatic nitrogens is 2. The van der Waals surface area contributed by atoms with E-state index in [1.54, 1.807) is 0 Å². The first-order valence-electron chi connectivity index (χ1n) is 4.66. The van der Waals surface area contributed by atoms with Crippen LogP contribution in [0.3, 0.4) is 0 Å². The molecule has 0 aliphatic carbocycles. The van der Waals surface area contributed by atoms with Gasteiger partial charge in [-0.1, -0.05) is 30.3 Å². The lowest BCUT2D eigenvalue weighted by atomic mass is 9.96. The number of H-pyrrole nitrogens is 1. The molecule has 0 bridgehead atoms. The Kier molecular flexibility index (Phi) is 2.60. The van der Waals surface area contributed by atoms with Crippen molar-refractivity contribution in [3.8, 4) is 0 Å². The largest absolute Gasteiger partial charge is 0.329 e. The summed E-state index contributed by atoms with van der Waals surface area (Å²) in [6.45, 7) is 0.578. The molecule has 1 aromatic heterocycles. The molecule has 2 rings (SSSR count). The molecule has 0 unspecified atom stereocenters. The van der Waals surface area contributed by atoms with Crippen LogP contribution in [0.4, 0.5) is 0 Å². The Morgan fingerprint density at radius 2 is 2.00 bits per heavy atom. The van der Waals surface area contributed by atoms with E-state index in [1.807, 2.05) is 30.5 Å². The standard InChI is InChI=1S/C11H13N3/c12-8-10(11-6-7-13-14-11)9-4-2-1-3-5-9/h1-7,10H,8,12H2,(H,13,14)/t10-/m1/s1. The highest BCUT2D eigenvalue weighted by molar-refractivity contribution is 5.27. The predicted molar refractivity (Wildman–Crippen MR) is 55.9 cm³/mol. The number of aromatic amines is 1. The summed E-state index contributed by atoms with van der Waals surface area (Å²) in [6.07, 6.45) is 1.82. The summed E-state index contributed by atoms with van der Waals surface area (Å²) < 4.78 is 0. The van der Waals surface area contributed by atoms with Gasteiger partial charge in [-0.25, -0.2) is 0 Å². The number of nitrogens with zero attached hydrogens (tertiary/aromatic N) is 1. The minimum absolute atomic E-state index is 0.197. The summed E-state index contributed by atoms with van der Waals surface area (Å²) in [7, 11) is 0. The van der Waals surface area contributed by atoms with Crippen LogP contribution in [0.25, 0.3) is 0 Å². The Morgan fingerprint density at radius 3 is 2.57 bits per heavy atom. The van der Waals surface area contributed by atoms with Crippen LogP contribution < -0.4 is 5.73 Å². The summed E-state index contributed by atoms with van der Waals surface area (Å²) in [4.78, 5) is 0. The van der Waals surface area contributed by atoms with Crippen molar-refractivity contribution in [3.63, 3.8) is 0 Å². The molecule has 0 spiro atoms. The van der Waals surface area contributed by atoms with E-state index in [0.29, 0.717) is 6.54 Å². The minimum Gasteiger partial charge on any atom is -0.329 e. The maximum absolute atomic E-state index is 5.74. The summed E-state index contributed by atoms with van der Waals surface area (Å²) >= 11 is 0. The van der Waals surface area contributed by atoms with E-state index in [4.69, 9.17) is 5.73 Å². The number of benzene rings is 1. The average molecular weight is 187 g/mol. The molecule has 0 radical (unpaired) electrons. The maximum Gasteiger partial charge on any atom is 0.0709 e. The predicted octanol–water partition coefficient (Wildman–Crippen LogP) is 1.50. The number of nitrogens with one attached hydrogen (secondary N) is 1.